The first-order valence-electron chi connectivity index (χ1n) is 16.3. The Labute approximate surface area is 276 Å². The molecule has 0 aromatic carbocycles. The summed E-state index contributed by atoms with van der Waals surface area (Å²) in [6.45, 7) is 11.8. The van der Waals surface area contributed by atoms with Crippen LogP contribution in [0.25, 0.3) is 0 Å². The maximum absolute atomic E-state index is 12.9. The first kappa shape index (κ1) is 40.8. The summed E-state index contributed by atoms with van der Waals surface area (Å²) in [6.07, 6.45) is -12.6. The van der Waals surface area contributed by atoms with Crippen LogP contribution in [0.1, 0.15) is 81.1 Å². The van der Waals surface area contributed by atoms with Crippen LogP contribution in [0.5, 0.6) is 0 Å². The van der Waals surface area contributed by atoms with E-state index in [9.17, 15) is 39.6 Å². The Kier molecular flexibility index (Phi) is 16.0. The van der Waals surface area contributed by atoms with Crippen molar-refractivity contribution in [2.24, 2.45) is 23.7 Å². The number of aliphatic hydroxyl groups is 4. The zero-order valence-corrected chi connectivity index (χ0v) is 28.7. The predicted octanol–water partition coefficient (Wildman–Crippen LogP) is 0.992. The van der Waals surface area contributed by atoms with E-state index in [-0.39, 0.29) is 37.0 Å². The lowest BCUT2D eigenvalue weighted by atomic mass is 9.97. The molecule has 0 saturated carbocycles. The molecule has 0 aliphatic carbocycles. The highest BCUT2D eigenvalue weighted by molar-refractivity contribution is 5.73. The van der Waals surface area contributed by atoms with Gasteiger partial charge >= 0.3 is 23.9 Å². The molecule has 1 unspecified atom stereocenters. The third kappa shape index (κ3) is 11.3. The molecule has 0 radical (unpaired) electrons. The van der Waals surface area contributed by atoms with Crippen molar-refractivity contribution in [3.05, 3.63) is 0 Å². The molecule has 2 heterocycles. The molecule has 0 amide bonds. The van der Waals surface area contributed by atoms with Gasteiger partial charge in [-0.25, -0.2) is 0 Å². The number of rotatable bonds is 17. The topological polar surface area (TPSA) is 214 Å². The summed E-state index contributed by atoms with van der Waals surface area (Å²) in [7, 11) is 0. The smallest absolute Gasteiger partial charge is 0.309 e. The molecule has 4 N–H and O–H groups in total. The number of hydrogen-bond acceptors (Lipinski definition) is 15. The second kappa shape index (κ2) is 18.4. The Morgan fingerprint density at radius 2 is 1.30 bits per heavy atom. The van der Waals surface area contributed by atoms with Crippen molar-refractivity contribution in [2.75, 3.05) is 19.8 Å². The van der Waals surface area contributed by atoms with Crippen molar-refractivity contribution < 1.29 is 72.8 Å². The van der Waals surface area contributed by atoms with Crippen molar-refractivity contribution in [1.82, 2.24) is 0 Å². The van der Waals surface area contributed by atoms with Crippen molar-refractivity contribution in [3.63, 3.8) is 0 Å². The van der Waals surface area contributed by atoms with E-state index in [2.05, 4.69) is 0 Å². The van der Waals surface area contributed by atoms with Crippen LogP contribution < -0.4 is 0 Å². The van der Waals surface area contributed by atoms with Gasteiger partial charge in [0.1, 0.15) is 37.6 Å². The number of hydrogen-bond donors (Lipinski definition) is 4. The number of ether oxygens (including phenoxy) is 7. The lowest BCUT2D eigenvalue weighted by Gasteiger charge is -2.45. The summed E-state index contributed by atoms with van der Waals surface area (Å²) in [5.41, 5.74) is 0. The summed E-state index contributed by atoms with van der Waals surface area (Å²) < 4.78 is 39.6. The Bertz CT molecular complexity index is 1030. The van der Waals surface area contributed by atoms with Gasteiger partial charge in [0.2, 0.25) is 5.79 Å². The summed E-state index contributed by atoms with van der Waals surface area (Å²) >= 11 is 0. The minimum atomic E-state index is -2.39. The standard InChI is InChI=1S/C32H54O15/c1-9-19(8)30(40)45-28-26(39)31(42-20(13-33)27(28)43-23(36)11-17(4)5)47-32(15-34)29(44-24(37)12-18(6)7)25(38)21(46-32)14-41-22(35)10-16(2)3/h16-21,25-29,31,33-34,38-39H,9-15H2,1-8H3/t19?,20-,21-,25-,26-,27-,28-,29+,31-,32+/m1/s1. The van der Waals surface area contributed by atoms with Crippen LogP contribution in [0.3, 0.4) is 0 Å². The van der Waals surface area contributed by atoms with Crippen LogP contribution in [-0.4, -0.2) is 119 Å². The van der Waals surface area contributed by atoms with Gasteiger partial charge in [0, 0.05) is 19.3 Å². The van der Waals surface area contributed by atoms with Crippen molar-refractivity contribution in [2.45, 2.75) is 136 Å². The van der Waals surface area contributed by atoms with E-state index in [0.717, 1.165) is 0 Å². The van der Waals surface area contributed by atoms with Gasteiger partial charge in [-0.15, -0.1) is 0 Å². The fourth-order valence-electron chi connectivity index (χ4n) is 5.05. The van der Waals surface area contributed by atoms with E-state index in [1.165, 1.54) is 0 Å². The third-order valence-corrected chi connectivity index (χ3v) is 7.73. The van der Waals surface area contributed by atoms with Gasteiger partial charge in [-0.1, -0.05) is 55.4 Å². The average molecular weight is 679 g/mol. The Morgan fingerprint density at radius 1 is 0.745 bits per heavy atom. The van der Waals surface area contributed by atoms with Crippen LogP contribution in [0.15, 0.2) is 0 Å². The van der Waals surface area contributed by atoms with E-state index in [0.29, 0.717) is 6.42 Å². The molecule has 2 fully saturated rings. The molecule has 2 rings (SSSR count). The average Bonchev–Trinajstić information content (AvgIpc) is 3.23. The van der Waals surface area contributed by atoms with Gasteiger partial charge in [-0.3, -0.25) is 19.2 Å². The zero-order chi connectivity index (χ0) is 35.6. The van der Waals surface area contributed by atoms with E-state index >= 15 is 0 Å². The maximum Gasteiger partial charge on any atom is 0.309 e. The molecule has 2 aliphatic rings. The van der Waals surface area contributed by atoms with Gasteiger partial charge < -0.3 is 53.6 Å². The zero-order valence-electron chi connectivity index (χ0n) is 28.7. The second-order valence-electron chi connectivity index (χ2n) is 13.5. The first-order valence-corrected chi connectivity index (χ1v) is 16.3. The minimum Gasteiger partial charge on any atom is -0.463 e. The minimum absolute atomic E-state index is 0.0113. The van der Waals surface area contributed by atoms with Crippen molar-refractivity contribution >= 4 is 23.9 Å². The van der Waals surface area contributed by atoms with Gasteiger partial charge in [0.25, 0.3) is 0 Å². The molecule has 2 saturated heterocycles. The molecule has 0 aromatic heterocycles. The summed E-state index contributed by atoms with van der Waals surface area (Å²) in [4.78, 5) is 50.5. The molecule has 47 heavy (non-hydrogen) atoms. The number of carbonyl (C=O) groups excluding carboxylic acids is 4. The van der Waals surface area contributed by atoms with Gasteiger partial charge in [0.15, 0.2) is 24.6 Å². The van der Waals surface area contributed by atoms with Crippen LogP contribution in [0.2, 0.25) is 0 Å². The molecule has 0 aromatic rings. The SMILES string of the molecule is CCC(C)C(=O)O[C@@H]1[C@@H](O)[C@@H](O[C@]2(CO)O[C@H](COC(=O)CC(C)C)[C@@H](O)[C@@H]2OC(=O)CC(C)C)O[C@H](CO)[C@H]1OC(=O)CC(C)C. The van der Waals surface area contributed by atoms with E-state index in [1.54, 1.807) is 41.5 Å². The largest absolute Gasteiger partial charge is 0.463 e. The van der Waals surface area contributed by atoms with Gasteiger partial charge in [-0.05, 0) is 24.2 Å². The predicted molar refractivity (Wildman–Crippen MR) is 162 cm³/mol. The molecular formula is C32H54O15. The van der Waals surface area contributed by atoms with E-state index in [1.807, 2.05) is 13.8 Å². The van der Waals surface area contributed by atoms with Crippen molar-refractivity contribution in [3.8, 4) is 0 Å². The molecule has 15 nitrogen and oxygen atoms in total. The summed E-state index contributed by atoms with van der Waals surface area (Å²) in [5, 5.41) is 43.6. The quantitative estimate of drug-likeness (QED) is 0.125. The number of carbonyl (C=O) groups is 4. The third-order valence-electron chi connectivity index (χ3n) is 7.73. The van der Waals surface area contributed by atoms with Crippen LogP contribution in [0, 0.1) is 23.7 Å². The first-order chi connectivity index (χ1) is 22.0. The summed E-state index contributed by atoms with van der Waals surface area (Å²) in [6, 6.07) is 0. The molecule has 2 aliphatic heterocycles. The highest BCUT2D eigenvalue weighted by Gasteiger charge is 2.62. The highest BCUT2D eigenvalue weighted by Crippen LogP contribution is 2.39. The normalized spacial score (nSPS) is 31.6. The lowest BCUT2D eigenvalue weighted by Crippen LogP contribution is -2.64. The number of aliphatic hydroxyl groups excluding tert-OH is 4. The highest BCUT2D eigenvalue weighted by atomic mass is 16.8. The lowest BCUT2D eigenvalue weighted by molar-refractivity contribution is -0.384. The summed E-state index contributed by atoms with van der Waals surface area (Å²) in [5.74, 6) is -5.99. The second-order valence-corrected chi connectivity index (χ2v) is 13.5. The molecule has 10 atom stereocenters. The molecule has 15 heteroatoms. The van der Waals surface area contributed by atoms with Crippen LogP contribution >= 0.6 is 0 Å². The van der Waals surface area contributed by atoms with Crippen LogP contribution in [-0.2, 0) is 52.3 Å². The van der Waals surface area contributed by atoms with Gasteiger partial charge in [-0.2, -0.15) is 0 Å². The monoisotopic (exact) mass is 678 g/mol. The van der Waals surface area contributed by atoms with Gasteiger partial charge in [0.05, 0.1) is 12.5 Å². The Hall–Kier alpha value is -2.40. The van der Waals surface area contributed by atoms with E-state index < -0.39 is 104 Å². The molecule has 0 bridgehead atoms. The maximum atomic E-state index is 12.9. The molecule has 272 valence electrons. The number of esters is 4. The molecular weight excluding hydrogens is 624 g/mol. The van der Waals surface area contributed by atoms with E-state index in [4.69, 9.17) is 33.2 Å². The fourth-order valence-corrected chi connectivity index (χ4v) is 5.05. The fraction of sp³-hybridized carbons (Fsp3) is 0.875. The van der Waals surface area contributed by atoms with Crippen LogP contribution in [0.4, 0.5) is 0 Å². The van der Waals surface area contributed by atoms with Crippen molar-refractivity contribution in [1.29, 1.82) is 0 Å². The molecule has 0 spiro atoms. The Morgan fingerprint density at radius 3 is 1.81 bits per heavy atom. The Balaban J connectivity index is 2.47.